The minimum atomic E-state index is -0.406. The van der Waals surface area contributed by atoms with Gasteiger partial charge in [-0.25, -0.2) is 0 Å². The van der Waals surface area contributed by atoms with Crippen molar-refractivity contribution in [3.8, 4) is 0 Å². The summed E-state index contributed by atoms with van der Waals surface area (Å²) in [6.07, 6.45) is 2.21. The summed E-state index contributed by atoms with van der Waals surface area (Å²) in [4.78, 5) is 26.6. The molecule has 1 atom stereocenters. The van der Waals surface area contributed by atoms with Crippen LogP contribution in [0.5, 0.6) is 0 Å². The second kappa shape index (κ2) is 8.81. The number of carbonyl (C=O) groups is 2. The summed E-state index contributed by atoms with van der Waals surface area (Å²) in [7, 11) is 0. The molecule has 0 spiro atoms. The third-order valence-electron chi connectivity index (χ3n) is 4.87. The van der Waals surface area contributed by atoms with Crippen molar-refractivity contribution in [3.63, 3.8) is 0 Å². The lowest BCUT2D eigenvalue weighted by Gasteiger charge is -2.34. The number of hydrogen-bond acceptors (Lipinski definition) is 3. The Kier molecular flexibility index (Phi) is 6.23. The van der Waals surface area contributed by atoms with E-state index in [1.54, 1.807) is 0 Å². The Balaban J connectivity index is 1.68. The Morgan fingerprint density at radius 2 is 2.04 bits per heavy atom. The van der Waals surface area contributed by atoms with Crippen molar-refractivity contribution >= 4 is 22.6 Å². The predicted molar refractivity (Wildman–Crippen MR) is 104 cm³/mol. The van der Waals surface area contributed by atoms with Gasteiger partial charge in [0, 0.05) is 26.2 Å². The van der Waals surface area contributed by atoms with Crippen LogP contribution in [0.15, 0.2) is 42.5 Å². The first-order chi connectivity index (χ1) is 12.7. The highest BCUT2D eigenvalue weighted by Gasteiger charge is 2.31. The Labute approximate surface area is 154 Å². The molecule has 5 heteroatoms. The minimum absolute atomic E-state index is 0.0518. The van der Waals surface area contributed by atoms with Crippen molar-refractivity contribution in [1.82, 2.24) is 15.5 Å². The average Bonchev–Trinajstić information content (AvgIpc) is 2.65. The van der Waals surface area contributed by atoms with E-state index in [-0.39, 0.29) is 18.2 Å². The van der Waals surface area contributed by atoms with Crippen LogP contribution in [0.2, 0.25) is 0 Å². The number of nitrogens with one attached hydrogen (secondary N) is 2. The monoisotopic (exact) mass is 353 g/mol. The van der Waals surface area contributed by atoms with Gasteiger partial charge in [0.15, 0.2) is 0 Å². The van der Waals surface area contributed by atoms with Crippen LogP contribution < -0.4 is 10.6 Å². The Morgan fingerprint density at radius 3 is 2.85 bits per heavy atom. The standard InChI is InChI=1S/C21H27N3O2/c1-2-3-10-22-20(25)14-19-21(26)23-11-12-24(19)15-16-8-9-17-6-4-5-7-18(17)13-16/h4-9,13,19H,2-3,10-12,14-15H2,1H3,(H,22,25)(H,23,26)/t19-/m1/s1. The molecule has 1 fully saturated rings. The highest BCUT2D eigenvalue weighted by Crippen LogP contribution is 2.19. The Bertz CT molecular complexity index is 775. The number of carbonyl (C=O) groups excluding carboxylic acids is 2. The molecule has 0 aliphatic carbocycles. The van der Waals surface area contributed by atoms with Crippen LogP contribution in [-0.2, 0) is 16.1 Å². The molecule has 2 aromatic carbocycles. The van der Waals surface area contributed by atoms with E-state index in [4.69, 9.17) is 0 Å². The first kappa shape index (κ1) is 18.4. The number of hydrogen-bond donors (Lipinski definition) is 2. The van der Waals surface area contributed by atoms with Crippen LogP contribution in [0.1, 0.15) is 31.7 Å². The van der Waals surface area contributed by atoms with Gasteiger partial charge in [0.2, 0.25) is 11.8 Å². The number of nitrogens with zero attached hydrogens (tertiary/aromatic N) is 1. The fourth-order valence-electron chi connectivity index (χ4n) is 3.40. The molecule has 2 amide bonds. The van der Waals surface area contributed by atoms with Gasteiger partial charge in [-0.15, -0.1) is 0 Å². The van der Waals surface area contributed by atoms with E-state index in [0.29, 0.717) is 19.6 Å². The zero-order valence-electron chi connectivity index (χ0n) is 15.3. The molecule has 1 aliphatic heterocycles. The fourth-order valence-corrected chi connectivity index (χ4v) is 3.40. The molecule has 3 rings (SSSR count). The number of rotatable bonds is 7. The van der Waals surface area contributed by atoms with E-state index in [1.165, 1.54) is 10.8 Å². The maximum absolute atomic E-state index is 12.3. The van der Waals surface area contributed by atoms with Crippen molar-refractivity contribution in [1.29, 1.82) is 0 Å². The molecular formula is C21H27N3O2. The molecule has 26 heavy (non-hydrogen) atoms. The largest absolute Gasteiger partial charge is 0.356 e. The van der Waals surface area contributed by atoms with Crippen molar-refractivity contribution in [2.24, 2.45) is 0 Å². The molecule has 0 aromatic heterocycles. The van der Waals surface area contributed by atoms with E-state index < -0.39 is 6.04 Å². The number of fused-ring (bicyclic) bond motifs is 1. The zero-order valence-corrected chi connectivity index (χ0v) is 15.3. The summed E-state index contributed by atoms with van der Waals surface area (Å²) < 4.78 is 0. The van der Waals surface area contributed by atoms with E-state index in [1.807, 2.05) is 12.1 Å². The summed E-state index contributed by atoms with van der Waals surface area (Å²) in [5.74, 6) is -0.105. The van der Waals surface area contributed by atoms with E-state index in [9.17, 15) is 9.59 Å². The van der Waals surface area contributed by atoms with Gasteiger partial charge in [0.05, 0.1) is 12.5 Å². The average molecular weight is 353 g/mol. The molecule has 138 valence electrons. The molecule has 1 aliphatic rings. The molecule has 0 unspecified atom stereocenters. The third-order valence-corrected chi connectivity index (χ3v) is 4.87. The Morgan fingerprint density at radius 1 is 1.23 bits per heavy atom. The molecule has 1 saturated heterocycles. The van der Waals surface area contributed by atoms with Gasteiger partial charge in [0.25, 0.3) is 0 Å². The molecule has 2 aromatic rings. The summed E-state index contributed by atoms with van der Waals surface area (Å²) in [6, 6.07) is 14.2. The van der Waals surface area contributed by atoms with Crippen molar-refractivity contribution in [3.05, 3.63) is 48.0 Å². The van der Waals surface area contributed by atoms with Gasteiger partial charge < -0.3 is 10.6 Å². The van der Waals surface area contributed by atoms with Gasteiger partial charge in [-0.1, -0.05) is 49.7 Å². The number of piperazine rings is 1. The molecule has 5 nitrogen and oxygen atoms in total. The highest BCUT2D eigenvalue weighted by atomic mass is 16.2. The second-order valence-corrected chi connectivity index (χ2v) is 6.87. The molecule has 2 N–H and O–H groups in total. The van der Waals surface area contributed by atoms with E-state index in [0.717, 1.165) is 24.9 Å². The van der Waals surface area contributed by atoms with Crippen LogP contribution >= 0.6 is 0 Å². The lowest BCUT2D eigenvalue weighted by molar-refractivity contribution is -0.134. The van der Waals surface area contributed by atoms with Crippen LogP contribution in [0, 0.1) is 0 Å². The smallest absolute Gasteiger partial charge is 0.237 e. The van der Waals surface area contributed by atoms with Crippen LogP contribution in [0.25, 0.3) is 10.8 Å². The Hall–Kier alpha value is -2.40. The van der Waals surface area contributed by atoms with Gasteiger partial charge in [-0.3, -0.25) is 14.5 Å². The molecule has 0 saturated carbocycles. The molecule has 0 radical (unpaired) electrons. The first-order valence-corrected chi connectivity index (χ1v) is 9.43. The van der Waals surface area contributed by atoms with Gasteiger partial charge in [0.1, 0.15) is 0 Å². The number of unbranched alkanes of at least 4 members (excludes halogenated alkanes) is 1. The van der Waals surface area contributed by atoms with Crippen LogP contribution in [0.4, 0.5) is 0 Å². The summed E-state index contributed by atoms with van der Waals surface area (Å²) in [5, 5.41) is 8.21. The van der Waals surface area contributed by atoms with Crippen LogP contribution in [-0.4, -0.2) is 42.4 Å². The minimum Gasteiger partial charge on any atom is -0.356 e. The first-order valence-electron chi connectivity index (χ1n) is 9.43. The summed E-state index contributed by atoms with van der Waals surface area (Å²) in [5.41, 5.74) is 1.16. The van der Waals surface area contributed by atoms with Gasteiger partial charge in [-0.05, 0) is 28.8 Å². The SMILES string of the molecule is CCCCNC(=O)C[C@@H]1C(=O)NCCN1Cc1ccc2ccccc2c1. The summed E-state index contributed by atoms with van der Waals surface area (Å²) in [6.45, 7) is 4.82. The zero-order chi connectivity index (χ0) is 18.4. The maximum atomic E-state index is 12.3. The maximum Gasteiger partial charge on any atom is 0.237 e. The second-order valence-electron chi connectivity index (χ2n) is 6.87. The molecule has 0 bridgehead atoms. The molecular weight excluding hydrogens is 326 g/mol. The lowest BCUT2D eigenvalue weighted by atomic mass is 10.0. The van der Waals surface area contributed by atoms with E-state index in [2.05, 4.69) is 52.8 Å². The molecule has 1 heterocycles. The van der Waals surface area contributed by atoms with Crippen molar-refractivity contribution < 1.29 is 9.59 Å². The van der Waals surface area contributed by atoms with Gasteiger partial charge >= 0.3 is 0 Å². The van der Waals surface area contributed by atoms with Crippen molar-refractivity contribution in [2.45, 2.75) is 38.8 Å². The van der Waals surface area contributed by atoms with Crippen LogP contribution in [0.3, 0.4) is 0 Å². The van der Waals surface area contributed by atoms with Gasteiger partial charge in [-0.2, -0.15) is 0 Å². The number of benzene rings is 2. The fraction of sp³-hybridized carbons (Fsp3) is 0.429. The predicted octanol–water partition coefficient (Wildman–Crippen LogP) is 2.45. The summed E-state index contributed by atoms with van der Waals surface area (Å²) >= 11 is 0. The lowest BCUT2D eigenvalue weighted by Crippen LogP contribution is -2.56. The third kappa shape index (κ3) is 4.61. The highest BCUT2D eigenvalue weighted by molar-refractivity contribution is 5.89. The quantitative estimate of drug-likeness (QED) is 0.752. The normalized spacial score (nSPS) is 17.9. The topological polar surface area (TPSA) is 61.4 Å². The van der Waals surface area contributed by atoms with Crippen molar-refractivity contribution in [2.75, 3.05) is 19.6 Å². The van der Waals surface area contributed by atoms with E-state index >= 15 is 0 Å². The number of amides is 2.